The third-order valence-corrected chi connectivity index (χ3v) is 5.39. The monoisotopic (exact) mass is 455 g/mol. The van der Waals surface area contributed by atoms with Gasteiger partial charge in [0.1, 0.15) is 0 Å². The van der Waals surface area contributed by atoms with Gasteiger partial charge in [0.25, 0.3) is 0 Å². The number of rotatable bonds is 5. The van der Waals surface area contributed by atoms with Gasteiger partial charge in [0, 0.05) is 43.5 Å². The van der Waals surface area contributed by atoms with Crippen molar-refractivity contribution in [1.82, 2.24) is 15.1 Å². The number of nitrogens with zero attached hydrogens (tertiary/aromatic N) is 4. The highest BCUT2D eigenvalue weighted by Gasteiger charge is 2.22. The van der Waals surface area contributed by atoms with Gasteiger partial charge in [0.2, 0.25) is 0 Å². The second kappa shape index (κ2) is 9.68. The summed E-state index contributed by atoms with van der Waals surface area (Å²) >= 11 is 0. The Balaban J connectivity index is 1.36. The van der Waals surface area contributed by atoms with Crippen molar-refractivity contribution < 1.29 is 23.0 Å². The maximum atomic E-state index is 13.3. The molecule has 4 rings (SSSR count). The molecule has 0 unspecified atom stereocenters. The fourth-order valence-corrected chi connectivity index (χ4v) is 3.56. The van der Waals surface area contributed by atoms with Crippen LogP contribution >= 0.6 is 0 Å². The minimum atomic E-state index is -1.01. The van der Waals surface area contributed by atoms with Crippen LogP contribution in [0, 0.1) is 11.6 Å². The second-order valence-electron chi connectivity index (χ2n) is 7.38. The van der Waals surface area contributed by atoms with Gasteiger partial charge in [-0.3, -0.25) is 0 Å². The summed E-state index contributed by atoms with van der Waals surface area (Å²) in [5.41, 5.74) is 1.76. The van der Waals surface area contributed by atoms with Crippen molar-refractivity contribution in [2.24, 2.45) is 0 Å². The number of ether oxygens (including phenoxy) is 2. The van der Waals surface area contributed by atoms with Crippen LogP contribution < -0.4 is 19.7 Å². The molecule has 1 saturated heterocycles. The summed E-state index contributed by atoms with van der Waals surface area (Å²) in [6, 6.07) is 12.2. The highest BCUT2D eigenvalue weighted by molar-refractivity contribution is 5.89. The van der Waals surface area contributed by atoms with Crippen LogP contribution in [-0.2, 0) is 0 Å². The van der Waals surface area contributed by atoms with Crippen LogP contribution in [0.15, 0.2) is 48.5 Å². The lowest BCUT2D eigenvalue weighted by Gasteiger charge is -2.35. The summed E-state index contributed by atoms with van der Waals surface area (Å²) in [7, 11) is 3.16. The molecule has 0 radical (unpaired) electrons. The smallest absolute Gasteiger partial charge is 0.321 e. The van der Waals surface area contributed by atoms with E-state index in [1.54, 1.807) is 19.1 Å². The number of halogens is 2. The largest absolute Gasteiger partial charge is 0.493 e. The van der Waals surface area contributed by atoms with Crippen molar-refractivity contribution in [2.45, 2.75) is 0 Å². The van der Waals surface area contributed by atoms with E-state index in [-0.39, 0.29) is 11.7 Å². The van der Waals surface area contributed by atoms with Crippen LogP contribution in [0.4, 0.5) is 25.1 Å². The Morgan fingerprint density at radius 1 is 0.879 bits per heavy atom. The quantitative estimate of drug-likeness (QED) is 0.631. The zero-order valence-electron chi connectivity index (χ0n) is 18.2. The summed E-state index contributed by atoms with van der Waals surface area (Å²) < 4.78 is 37.0. The van der Waals surface area contributed by atoms with Gasteiger partial charge >= 0.3 is 6.03 Å². The van der Waals surface area contributed by atoms with E-state index >= 15 is 0 Å². The highest BCUT2D eigenvalue weighted by atomic mass is 19.2. The molecule has 1 N–H and O–H groups in total. The summed E-state index contributed by atoms with van der Waals surface area (Å²) in [4.78, 5) is 16.1. The number of carbonyl (C=O) groups excluding carboxylic acids is 1. The average Bonchev–Trinajstić information content (AvgIpc) is 2.86. The van der Waals surface area contributed by atoms with Crippen LogP contribution in [0.2, 0.25) is 0 Å². The lowest BCUT2D eigenvalue weighted by Crippen LogP contribution is -2.50. The summed E-state index contributed by atoms with van der Waals surface area (Å²) in [5, 5.41) is 11.3. The number of piperazine rings is 1. The van der Waals surface area contributed by atoms with Gasteiger partial charge in [-0.2, -0.15) is 0 Å². The second-order valence-corrected chi connectivity index (χ2v) is 7.38. The molecule has 1 aliphatic rings. The first-order valence-corrected chi connectivity index (χ1v) is 10.3. The summed E-state index contributed by atoms with van der Waals surface area (Å²) in [6.07, 6.45) is 0. The molecule has 0 atom stereocenters. The van der Waals surface area contributed by atoms with Crippen molar-refractivity contribution in [1.29, 1.82) is 0 Å². The molecule has 0 saturated carbocycles. The van der Waals surface area contributed by atoms with E-state index < -0.39 is 11.6 Å². The molecule has 0 bridgehead atoms. The first kappa shape index (κ1) is 22.3. The Hall–Kier alpha value is -3.95. The fourth-order valence-electron chi connectivity index (χ4n) is 3.56. The van der Waals surface area contributed by atoms with Gasteiger partial charge in [0.15, 0.2) is 29.0 Å². The van der Waals surface area contributed by atoms with E-state index in [4.69, 9.17) is 9.47 Å². The average molecular weight is 455 g/mol. The maximum absolute atomic E-state index is 13.3. The van der Waals surface area contributed by atoms with Crippen molar-refractivity contribution in [3.63, 3.8) is 0 Å². The summed E-state index contributed by atoms with van der Waals surface area (Å²) in [5.74, 6) is -0.0107. The van der Waals surface area contributed by atoms with Crippen LogP contribution in [-0.4, -0.2) is 61.5 Å². The highest BCUT2D eigenvalue weighted by Crippen LogP contribution is 2.31. The maximum Gasteiger partial charge on any atom is 0.321 e. The molecule has 0 spiro atoms. The number of methoxy groups -OCH3 is 2. The Kier molecular flexibility index (Phi) is 6.53. The number of hydrogen-bond donors (Lipinski definition) is 1. The Morgan fingerprint density at radius 2 is 1.64 bits per heavy atom. The first-order chi connectivity index (χ1) is 16.0. The van der Waals surface area contributed by atoms with E-state index in [2.05, 4.69) is 15.5 Å². The van der Waals surface area contributed by atoms with Crippen LogP contribution in [0.1, 0.15) is 0 Å². The summed E-state index contributed by atoms with van der Waals surface area (Å²) in [6.45, 7) is 2.04. The lowest BCUT2D eigenvalue weighted by atomic mass is 10.1. The molecule has 2 heterocycles. The zero-order chi connectivity index (χ0) is 23.4. The van der Waals surface area contributed by atoms with Gasteiger partial charge < -0.3 is 24.6 Å². The third kappa shape index (κ3) is 4.94. The van der Waals surface area contributed by atoms with Crippen molar-refractivity contribution in [2.75, 3.05) is 50.6 Å². The van der Waals surface area contributed by atoms with Crippen molar-refractivity contribution in [3.8, 4) is 22.8 Å². The van der Waals surface area contributed by atoms with E-state index in [1.165, 1.54) is 6.07 Å². The van der Waals surface area contributed by atoms with Gasteiger partial charge in [-0.25, -0.2) is 13.6 Å². The molecule has 2 amide bonds. The molecule has 10 heteroatoms. The van der Waals surface area contributed by atoms with Crippen LogP contribution in [0.3, 0.4) is 0 Å². The molecule has 2 aromatic carbocycles. The molecular formula is C23H23F2N5O3. The molecule has 33 heavy (non-hydrogen) atoms. The van der Waals surface area contributed by atoms with E-state index in [1.807, 2.05) is 35.2 Å². The third-order valence-electron chi connectivity index (χ3n) is 5.39. The number of aromatic nitrogens is 2. The Morgan fingerprint density at radius 3 is 2.27 bits per heavy atom. The number of nitrogens with one attached hydrogen (secondary N) is 1. The number of anilines is 2. The number of hydrogen-bond acceptors (Lipinski definition) is 6. The Labute approximate surface area is 189 Å². The number of urea groups is 1. The molecule has 3 aromatic rings. The fraction of sp³-hybridized carbons (Fsp3) is 0.261. The van der Waals surface area contributed by atoms with E-state index in [9.17, 15) is 13.6 Å². The van der Waals surface area contributed by atoms with E-state index in [0.29, 0.717) is 49.2 Å². The van der Waals surface area contributed by atoms with E-state index in [0.717, 1.165) is 17.7 Å². The molecule has 1 aliphatic heterocycles. The molecule has 0 aliphatic carbocycles. The normalized spacial score (nSPS) is 13.6. The predicted octanol–water partition coefficient (Wildman–Crippen LogP) is 3.79. The molecule has 172 valence electrons. The van der Waals surface area contributed by atoms with Crippen molar-refractivity contribution >= 4 is 17.5 Å². The van der Waals surface area contributed by atoms with Gasteiger partial charge in [-0.05, 0) is 42.5 Å². The van der Waals surface area contributed by atoms with Gasteiger partial charge in [-0.15, -0.1) is 10.2 Å². The topological polar surface area (TPSA) is 79.8 Å². The van der Waals surface area contributed by atoms with Crippen molar-refractivity contribution in [3.05, 3.63) is 60.2 Å². The SMILES string of the molecule is COc1ccc(-c2ccc(N3CCN(C(=O)Nc4ccc(F)c(F)c4)CC3)nn2)cc1OC. The van der Waals surface area contributed by atoms with Gasteiger partial charge in [0.05, 0.1) is 19.9 Å². The standard InChI is InChI=1S/C23H23F2N5O3/c1-32-20-7-3-15(13-21(20)33-2)19-6-8-22(28-27-19)29-9-11-30(12-10-29)23(31)26-16-4-5-17(24)18(25)14-16/h3-8,13-14H,9-12H2,1-2H3,(H,26,31). The predicted molar refractivity (Wildman–Crippen MR) is 120 cm³/mol. The van der Waals surface area contributed by atoms with Crippen LogP contribution in [0.5, 0.6) is 11.5 Å². The molecular weight excluding hydrogens is 432 g/mol. The lowest BCUT2D eigenvalue weighted by molar-refractivity contribution is 0.208. The number of benzene rings is 2. The zero-order valence-corrected chi connectivity index (χ0v) is 18.2. The molecule has 1 fully saturated rings. The number of amides is 2. The first-order valence-electron chi connectivity index (χ1n) is 10.3. The van der Waals surface area contributed by atoms with Gasteiger partial charge in [-0.1, -0.05) is 0 Å². The molecule has 8 nitrogen and oxygen atoms in total. The molecule has 1 aromatic heterocycles. The minimum absolute atomic E-state index is 0.206. The Bertz CT molecular complexity index is 1140. The minimum Gasteiger partial charge on any atom is -0.493 e. The van der Waals surface area contributed by atoms with Crippen LogP contribution in [0.25, 0.3) is 11.3 Å². The number of carbonyl (C=O) groups is 1.